The molecule has 5 nitrogen and oxygen atoms in total. The van der Waals surface area contributed by atoms with Gasteiger partial charge in [0.05, 0.1) is 10.9 Å². The number of carboxylic acid groups (broad SMARTS) is 1. The predicted octanol–water partition coefficient (Wildman–Crippen LogP) is 0.488. The average molecular weight is 258 g/mol. The van der Waals surface area contributed by atoms with Crippen LogP contribution in [0.2, 0.25) is 0 Å². The zero-order chi connectivity index (χ0) is 12.8. The molecule has 2 aliphatic rings. The van der Waals surface area contributed by atoms with Crippen LogP contribution in [0.3, 0.4) is 0 Å². The summed E-state index contributed by atoms with van der Waals surface area (Å²) in [5.41, 5.74) is 5.17. The van der Waals surface area contributed by atoms with Crippen LogP contribution in [0.15, 0.2) is 0 Å². The Balaban J connectivity index is 2.19. The summed E-state index contributed by atoms with van der Waals surface area (Å²) in [4.78, 5) is 25.0. The molecule has 3 N–H and O–H groups in total. The molecule has 1 amide bonds. The number of hydrogen-bond donors (Lipinski definition) is 2. The number of nitrogens with two attached hydrogens (primary N) is 1. The smallest absolute Gasteiger partial charge is 0.327 e. The highest BCUT2D eigenvalue weighted by Gasteiger charge is 2.50. The number of carboxylic acids is 1. The van der Waals surface area contributed by atoms with Crippen molar-refractivity contribution < 1.29 is 14.7 Å². The van der Waals surface area contributed by atoms with Crippen LogP contribution in [-0.2, 0) is 9.59 Å². The van der Waals surface area contributed by atoms with Gasteiger partial charge in [-0.2, -0.15) is 0 Å². The maximum absolute atomic E-state index is 12.4. The lowest BCUT2D eigenvalue weighted by molar-refractivity contribution is -0.151. The third-order valence-corrected chi connectivity index (χ3v) is 4.85. The Hall–Kier alpha value is -0.750. The molecule has 2 fully saturated rings. The summed E-state index contributed by atoms with van der Waals surface area (Å²) in [7, 11) is 0. The summed E-state index contributed by atoms with van der Waals surface area (Å²) < 4.78 is 0. The van der Waals surface area contributed by atoms with Gasteiger partial charge in [-0.1, -0.05) is 0 Å². The number of amides is 1. The van der Waals surface area contributed by atoms with E-state index in [4.69, 9.17) is 10.8 Å². The second-order valence-electron chi connectivity index (χ2n) is 5.06. The normalized spacial score (nSPS) is 32.3. The van der Waals surface area contributed by atoms with Gasteiger partial charge < -0.3 is 15.7 Å². The number of thioether (sulfide) groups is 1. The van der Waals surface area contributed by atoms with Crippen molar-refractivity contribution in [3.8, 4) is 0 Å². The fourth-order valence-electron chi connectivity index (χ4n) is 2.28. The zero-order valence-corrected chi connectivity index (χ0v) is 10.9. The lowest BCUT2D eigenvalue weighted by Gasteiger charge is -2.33. The number of hydrogen-bond acceptors (Lipinski definition) is 4. The summed E-state index contributed by atoms with van der Waals surface area (Å²) in [5, 5.41) is 9.02. The van der Waals surface area contributed by atoms with Crippen molar-refractivity contribution in [2.75, 3.05) is 5.75 Å². The molecule has 0 aromatic rings. The summed E-state index contributed by atoms with van der Waals surface area (Å²) in [6.45, 7) is 3.58. The van der Waals surface area contributed by atoms with Gasteiger partial charge in [0.2, 0.25) is 5.91 Å². The first kappa shape index (κ1) is 12.7. The van der Waals surface area contributed by atoms with Gasteiger partial charge in [0, 0.05) is 5.75 Å². The second kappa shape index (κ2) is 4.17. The van der Waals surface area contributed by atoms with Crippen molar-refractivity contribution in [2.45, 2.75) is 43.6 Å². The van der Waals surface area contributed by atoms with E-state index in [1.54, 1.807) is 6.92 Å². The highest BCUT2D eigenvalue weighted by atomic mass is 32.2. The van der Waals surface area contributed by atoms with Gasteiger partial charge in [0.15, 0.2) is 0 Å². The molecule has 3 unspecified atom stereocenters. The quantitative estimate of drug-likeness (QED) is 0.769. The van der Waals surface area contributed by atoms with E-state index < -0.39 is 17.6 Å². The summed E-state index contributed by atoms with van der Waals surface area (Å²) in [6, 6.07) is -0.732. The molecule has 96 valence electrons. The van der Waals surface area contributed by atoms with Crippen LogP contribution in [0.4, 0.5) is 0 Å². The molecule has 2 rings (SSSR count). The number of rotatable bonds is 3. The topological polar surface area (TPSA) is 83.6 Å². The largest absolute Gasteiger partial charge is 0.480 e. The lowest BCUT2D eigenvalue weighted by atomic mass is 9.94. The Morgan fingerprint density at radius 1 is 1.47 bits per heavy atom. The third kappa shape index (κ3) is 2.15. The van der Waals surface area contributed by atoms with E-state index in [1.807, 2.05) is 6.92 Å². The minimum atomic E-state index is -0.943. The van der Waals surface area contributed by atoms with E-state index in [1.165, 1.54) is 16.7 Å². The van der Waals surface area contributed by atoms with Crippen LogP contribution in [0.25, 0.3) is 0 Å². The fourth-order valence-corrected chi connectivity index (χ4v) is 3.44. The van der Waals surface area contributed by atoms with Crippen molar-refractivity contribution in [1.29, 1.82) is 0 Å². The van der Waals surface area contributed by atoms with E-state index in [2.05, 4.69) is 0 Å². The fraction of sp³-hybridized carbons (Fsp3) is 0.818. The number of aliphatic carboxylic acids is 1. The Morgan fingerprint density at radius 2 is 2.06 bits per heavy atom. The minimum Gasteiger partial charge on any atom is -0.480 e. The zero-order valence-electron chi connectivity index (χ0n) is 10.0. The van der Waals surface area contributed by atoms with Gasteiger partial charge in [-0.25, -0.2) is 4.79 Å². The van der Waals surface area contributed by atoms with E-state index in [9.17, 15) is 9.59 Å². The maximum Gasteiger partial charge on any atom is 0.327 e. The maximum atomic E-state index is 12.4. The van der Waals surface area contributed by atoms with Crippen molar-refractivity contribution in [2.24, 2.45) is 11.7 Å². The molecular formula is C11H18N2O3S. The van der Waals surface area contributed by atoms with Crippen molar-refractivity contribution >= 4 is 23.6 Å². The molecule has 0 aromatic carbocycles. The van der Waals surface area contributed by atoms with E-state index in [-0.39, 0.29) is 17.2 Å². The van der Waals surface area contributed by atoms with Crippen LogP contribution in [-0.4, -0.2) is 44.6 Å². The molecule has 1 heterocycles. The van der Waals surface area contributed by atoms with Crippen molar-refractivity contribution in [3.05, 3.63) is 0 Å². The van der Waals surface area contributed by atoms with Gasteiger partial charge in [-0.15, -0.1) is 11.8 Å². The minimum absolute atomic E-state index is 0.106. The Morgan fingerprint density at radius 3 is 2.53 bits per heavy atom. The molecule has 0 radical (unpaired) electrons. The summed E-state index contributed by atoms with van der Waals surface area (Å²) in [6.07, 6.45) is 1.93. The number of carbonyl (C=O) groups is 2. The van der Waals surface area contributed by atoms with Crippen LogP contribution in [0.5, 0.6) is 0 Å². The van der Waals surface area contributed by atoms with E-state index in [0.717, 1.165) is 12.8 Å². The van der Waals surface area contributed by atoms with Gasteiger partial charge in [0.25, 0.3) is 0 Å². The Bertz CT molecular complexity index is 355. The highest BCUT2D eigenvalue weighted by Crippen LogP contribution is 2.41. The van der Waals surface area contributed by atoms with Crippen LogP contribution >= 0.6 is 11.8 Å². The van der Waals surface area contributed by atoms with Gasteiger partial charge in [-0.05, 0) is 32.6 Å². The molecule has 1 aliphatic carbocycles. The highest BCUT2D eigenvalue weighted by molar-refractivity contribution is 8.00. The molecule has 0 aromatic heterocycles. The van der Waals surface area contributed by atoms with E-state index in [0.29, 0.717) is 5.75 Å². The van der Waals surface area contributed by atoms with Crippen molar-refractivity contribution in [1.82, 2.24) is 4.90 Å². The average Bonchev–Trinajstić information content (AvgIpc) is 3.01. The molecule has 1 saturated heterocycles. The molecule has 3 atom stereocenters. The van der Waals surface area contributed by atoms with Crippen LogP contribution in [0.1, 0.15) is 26.7 Å². The van der Waals surface area contributed by atoms with E-state index >= 15 is 0 Å². The summed E-state index contributed by atoms with van der Waals surface area (Å²) >= 11 is 1.49. The van der Waals surface area contributed by atoms with Gasteiger partial charge in [0.1, 0.15) is 6.04 Å². The van der Waals surface area contributed by atoms with Gasteiger partial charge in [-0.3, -0.25) is 4.79 Å². The Kier molecular flexibility index (Phi) is 3.12. The molecule has 6 heteroatoms. The molecule has 0 spiro atoms. The third-order valence-electron chi connectivity index (χ3n) is 3.63. The predicted molar refractivity (Wildman–Crippen MR) is 65.5 cm³/mol. The number of carbonyl (C=O) groups excluding carboxylic acids is 1. The molecule has 0 bridgehead atoms. The van der Waals surface area contributed by atoms with Crippen LogP contribution in [0, 0.1) is 5.92 Å². The number of nitrogens with zero attached hydrogens (tertiary/aromatic N) is 1. The molecular weight excluding hydrogens is 240 g/mol. The van der Waals surface area contributed by atoms with Gasteiger partial charge >= 0.3 is 5.97 Å². The van der Waals surface area contributed by atoms with Crippen molar-refractivity contribution in [3.63, 3.8) is 0 Å². The lowest BCUT2D eigenvalue weighted by Crippen LogP contribution is -2.59. The SMILES string of the molecule is CC1SCC(C(=O)O)N1C(=O)C(C)(N)C1CC1. The first-order chi connectivity index (χ1) is 7.85. The first-order valence-electron chi connectivity index (χ1n) is 5.81. The standard InChI is InChI=1S/C11H18N2O3S/c1-6-13(8(5-17-6)9(14)15)10(16)11(2,12)7-3-4-7/h6-8H,3-5,12H2,1-2H3,(H,14,15). The molecule has 17 heavy (non-hydrogen) atoms. The Labute approximate surface area is 105 Å². The molecule has 1 aliphatic heterocycles. The summed E-state index contributed by atoms with van der Waals surface area (Å²) in [5.74, 6) is -0.503. The molecule has 1 saturated carbocycles. The second-order valence-corrected chi connectivity index (χ2v) is 6.40. The monoisotopic (exact) mass is 258 g/mol. The first-order valence-corrected chi connectivity index (χ1v) is 6.86. The van der Waals surface area contributed by atoms with Crippen LogP contribution < -0.4 is 5.73 Å².